The highest BCUT2D eigenvalue weighted by atomic mass is 35.5. The van der Waals surface area contributed by atoms with E-state index >= 15 is 0 Å². The SMILES string of the molecule is Cl.O=C(CC1CCCC1)N1CCCN(C(=O)c2n[nH]c3c2CNCC3)CC1. The highest BCUT2D eigenvalue weighted by Gasteiger charge is 2.29. The van der Waals surface area contributed by atoms with E-state index in [0.717, 1.165) is 37.2 Å². The molecule has 2 N–H and O–H groups in total. The summed E-state index contributed by atoms with van der Waals surface area (Å²) in [5, 5.41) is 10.6. The number of H-pyrrole nitrogens is 1. The second kappa shape index (κ2) is 9.06. The van der Waals surface area contributed by atoms with Gasteiger partial charge >= 0.3 is 0 Å². The number of carbonyl (C=O) groups excluding carboxylic acids is 2. The van der Waals surface area contributed by atoms with Crippen molar-refractivity contribution in [2.45, 2.75) is 51.5 Å². The van der Waals surface area contributed by atoms with Gasteiger partial charge in [0.1, 0.15) is 0 Å². The molecule has 1 aliphatic carbocycles. The van der Waals surface area contributed by atoms with Crippen molar-refractivity contribution in [1.29, 1.82) is 0 Å². The van der Waals surface area contributed by atoms with E-state index < -0.39 is 0 Å². The summed E-state index contributed by atoms with van der Waals surface area (Å²) in [6, 6.07) is 0. The summed E-state index contributed by atoms with van der Waals surface area (Å²) in [5.74, 6) is 0.843. The van der Waals surface area contributed by atoms with Crippen LogP contribution in [-0.2, 0) is 17.8 Å². The van der Waals surface area contributed by atoms with Crippen LogP contribution in [-0.4, -0.2) is 64.5 Å². The fraction of sp³-hybridized carbons (Fsp3) is 0.737. The molecule has 2 fully saturated rings. The summed E-state index contributed by atoms with van der Waals surface area (Å²) in [7, 11) is 0. The summed E-state index contributed by atoms with van der Waals surface area (Å²) in [5.41, 5.74) is 2.65. The Morgan fingerprint density at radius 2 is 1.78 bits per heavy atom. The highest BCUT2D eigenvalue weighted by molar-refractivity contribution is 5.94. The van der Waals surface area contributed by atoms with Crippen LogP contribution in [0.3, 0.4) is 0 Å². The second-order valence-electron chi connectivity index (χ2n) is 7.84. The first-order chi connectivity index (χ1) is 12.7. The Bertz CT molecular complexity index is 671. The van der Waals surface area contributed by atoms with Gasteiger partial charge < -0.3 is 15.1 Å². The molecule has 4 rings (SSSR count). The zero-order chi connectivity index (χ0) is 17.9. The lowest BCUT2D eigenvalue weighted by molar-refractivity contribution is -0.132. The van der Waals surface area contributed by atoms with Crippen molar-refractivity contribution in [1.82, 2.24) is 25.3 Å². The number of rotatable bonds is 3. The van der Waals surface area contributed by atoms with Crippen LogP contribution in [0.25, 0.3) is 0 Å². The molecule has 8 heteroatoms. The van der Waals surface area contributed by atoms with Crippen molar-refractivity contribution < 1.29 is 9.59 Å². The molecule has 2 aliphatic heterocycles. The third kappa shape index (κ3) is 4.46. The molecular formula is C19H30ClN5O2. The molecule has 1 aromatic rings. The Labute approximate surface area is 166 Å². The number of aromatic amines is 1. The number of hydrogen-bond acceptors (Lipinski definition) is 4. The minimum atomic E-state index is -0.00343. The van der Waals surface area contributed by atoms with Gasteiger partial charge in [0.2, 0.25) is 5.91 Å². The lowest BCUT2D eigenvalue weighted by Crippen LogP contribution is -2.38. The average Bonchev–Trinajstić information content (AvgIpc) is 3.25. The number of aromatic nitrogens is 2. The Kier molecular flexibility index (Phi) is 6.76. The zero-order valence-corrected chi connectivity index (χ0v) is 16.7. The molecule has 3 heterocycles. The topological polar surface area (TPSA) is 81.3 Å². The molecule has 0 bridgehead atoms. The van der Waals surface area contributed by atoms with Gasteiger partial charge in [-0.15, -0.1) is 12.4 Å². The molecule has 7 nitrogen and oxygen atoms in total. The zero-order valence-electron chi connectivity index (χ0n) is 15.8. The summed E-state index contributed by atoms with van der Waals surface area (Å²) in [6.07, 6.45) is 7.34. The normalized spacial score (nSPS) is 20.7. The van der Waals surface area contributed by atoms with E-state index in [1.807, 2.05) is 9.80 Å². The van der Waals surface area contributed by atoms with Crippen molar-refractivity contribution in [2.75, 3.05) is 32.7 Å². The van der Waals surface area contributed by atoms with Crippen molar-refractivity contribution in [3.63, 3.8) is 0 Å². The molecule has 0 aromatic carbocycles. The molecule has 2 amide bonds. The lowest BCUT2D eigenvalue weighted by atomic mass is 10.0. The van der Waals surface area contributed by atoms with Crippen molar-refractivity contribution in [3.8, 4) is 0 Å². The second-order valence-corrected chi connectivity index (χ2v) is 7.84. The van der Waals surface area contributed by atoms with Crippen molar-refractivity contribution in [2.24, 2.45) is 5.92 Å². The third-order valence-corrected chi connectivity index (χ3v) is 6.08. The minimum Gasteiger partial charge on any atom is -0.341 e. The smallest absolute Gasteiger partial charge is 0.274 e. The fourth-order valence-corrected chi connectivity index (χ4v) is 4.51. The van der Waals surface area contributed by atoms with Crippen LogP contribution in [0.2, 0.25) is 0 Å². The number of amides is 2. The Morgan fingerprint density at radius 3 is 2.59 bits per heavy atom. The molecule has 1 saturated carbocycles. The van der Waals surface area contributed by atoms with Crippen LogP contribution in [0.4, 0.5) is 0 Å². The largest absolute Gasteiger partial charge is 0.341 e. The van der Waals surface area contributed by atoms with E-state index in [0.29, 0.717) is 44.2 Å². The maximum Gasteiger partial charge on any atom is 0.274 e. The van der Waals surface area contributed by atoms with Crippen LogP contribution >= 0.6 is 12.4 Å². The molecule has 0 radical (unpaired) electrons. The molecule has 3 aliphatic rings. The van der Waals surface area contributed by atoms with E-state index in [4.69, 9.17) is 0 Å². The van der Waals surface area contributed by atoms with Gasteiger partial charge in [-0.1, -0.05) is 12.8 Å². The minimum absolute atomic E-state index is 0. The Hall–Kier alpha value is -1.60. The van der Waals surface area contributed by atoms with Crippen LogP contribution < -0.4 is 5.32 Å². The number of carbonyl (C=O) groups is 2. The molecule has 1 saturated heterocycles. The predicted octanol–water partition coefficient (Wildman–Crippen LogP) is 1.73. The number of hydrogen-bond donors (Lipinski definition) is 2. The molecule has 0 unspecified atom stereocenters. The highest BCUT2D eigenvalue weighted by Crippen LogP contribution is 2.28. The first-order valence-electron chi connectivity index (χ1n) is 10.1. The van der Waals surface area contributed by atoms with Crippen LogP contribution in [0.1, 0.15) is 60.3 Å². The van der Waals surface area contributed by atoms with E-state index in [1.165, 1.54) is 25.7 Å². The van der Waals surface area contributed by atoms with Crippen molar-refractivity contribution >= 4 is 24.2 Å². The number of nitrogens with zero attached hydrogens (tertiary/aromatic N) is 3. The monoisotopic (exact) mass is 395 g/mol. The molecule has 27 heavy (non-hydrogen) atoms. The van der Waals surface area contributed by atoms with Gasteiger partial charge in [-0.3, -0.25) is 14.7 Å². The first kappa shape index (κ1) is 20.1. The van der Waals surface area contributed by atoms with E-state index in [-0.39, 0.29) is 24.2 Å². The van der Waals surface area contributed by atoms with Gasteiger partial charge in [-0.05, 0) is 25.2 Å². The predicted molar refractivity (Wildman–Crippen MR) is 105 cm³/mol. The van der Waals surface area contributed by atoms with Gasteiger partial charge in [0.25, 0.3) is 5.91 Å². The summed E-state index contributed by atoms with van der Waals surface area (Å²) in [4.78, 5) is 29.4. The molecule has 150 valence electrons. The Morgan fingerprint density at radius 1 is 1.04 bits per heavy atom. The van der Waals surface area contributed by atoms with E-state index in [2.05, 4.69) is 15.5 Å². The van der Waals surface area contributed by atoms with Crippen LogP contribution in [0.15, 0.2) is 0 Å². The third-order valence-electron chi connectivity index (χ3n) is 6.08. The van der Waals surface area contributed by atoms with Gasteiger partial charge in [0.05, 0.1) is 0 Å². The van der Waals surface area contributed by atoms with Gasteiger partial charge in [-0.2, -0.15) is 5.10 Å². The average molecular weight is 396 g/mol. The van der Waals surface area contributed by atoms with Gasteiger partial charge in [-0.25, -0.2) is 0 Å². The van der Waals surface area contributed by atoms with E-state index in [9.17, 15) is 9.59 Å². The summed E-state index contributed by atoms with van der Waals surface area (Å²) < 4.78 is 0. The lowest BCUT2D eigenvalue weighted by Gasteiger charge is -2.23. The van der Waals surface area contributed by atoms with Crippen LogP contribution in [0, 0.1) is 5.92 Å². The van der Waals surface area contributed by atoms with Gasteiger partial charge in [0.15, 0.2) is 5.69 Å². The number of fused-ring (bicyclic) bond motifs is 1. The van der Waals surface area contributed by atoms with Crippen molar-refractivity contribution in [3.05, 3.63) is 17.0 Å². The Balaban J connectivity index is 0.00000210. The van der Waals surface area contributed by atoms with Gasteiger partial charge in [0, 0.05) is 63.4 Å². The molecular weight excluding hydrogens is 366 g/mol. The maximum atomic E-state index is 13.0. The number of nitrogens with one attached hydrogen (secondary N) is 2. The maximum absolute atomic E-state index is 13.0. The summed E-state index contributed by atoms with van der Waals surface area (Å²) >= 11 is 0. The molecule has 0 atom stereocenters. The van der Waals surface area contributed by atoms with Crippen LogP contribution in [0.5, 0.6) is 0 Å². The number of halogens is 1. The first-order valence-corrected chi connectivity index (χ1v) is 10.1. The molecule has 1 aromatic heterocycles. The fourth-order valence-electron chi connectivity index (χ4n) is 4.51. The molecule has 0 spiro atoms. The standard InChI is InChI=1S/C19H29N5O2.ClH/c25-17(12-14-4-1-2-5-14)23-8-3-9-24(11-10-23)19(26)18-15-13-20-7-6-16(15)21-22-18;/h14,20H,1-13H2,(H,21,22);1H. The quantitative estimate of drug-likeness (QED) is 0.816. The van der Waals surface area contributed by atoms with E-state index in [1.54, 1.807) is 0 Å². The summed E-state index contributed by atoms with van der Waals surface area (Å²) in [6.45, 7) is 4.32.